The number of likely N-dealkylation sites (tertiary alicyclic amines) is 1. The zero-order valence-electron chi connectivity index (χ0n) is 9.95. The maximum atomic E-state index is 12.2. The first-order chi connectivity index (χ1) is 8.20. The molecule has 0 spiro atoms. The number of nitrogens with one attached hydrogen (secondary N) is 1. The highest BCUT2D eigenvalue weighted by atomic mass is 35.5. The minimum absolute atomic E-state index is 0.0987. The van der Waals surface area contributed by atoms with E-state index in [1.165, 1.54) is 0 Å². The quantitative estimate of drug-likeness (QED) is 0.875. The van der Waals surface area contributed by atoms with Crippen LogP contribution in [0.2, 0.25) is 5.02 Å². The number of rotatable bonds is 2. The van der Waals surface area contributed by atoms with Gasteiger partial charge in [-0.1, -0.05) is 11.6 Å². The van der Waals surface area contributed by atoms with Gasteiger partial charge in [-0.05, 0) is 44.2 Å². The minimum atomic E-state index is 0.0987. The molecule has 3 nitrogen and oxygen atoms in total. The lowest BCUT2D eigenvalue weighted by molar-refractivity contribution is 0.0698. The zero-order chi connectivity index (χ0) is 12.3. The van der Waals surface area contributed by atoms with Crippen molar-refractivity contribution in [2.75, 3.05) is 20.1 Å². The monoisotopic (exact) mass is 252 g/mol. The van der Waals surface area contributed by atoms with Gasteiger partial charge in [0.1, 0.15) is 0 Å². The van der Waals surface area contributed by atoms with Crippen LogP contribution in [0.3, 0.4) is 0 Å². The third-order valence-corrected chi connectivity index (χ3v) is 3.46. The highest BCUT2D eigenvalue weighted by Crippen LogP contribution is 2.15. The van der Waals surface area contributed by atoms with E-state index in [2.05, 4.69) is 5.32 Å². The predicted octanol–water partition coefficient (Wildman–Crippen LogP) is 2.16. The molecule has 1 N–H and O–H groups in total. The molecule has 1 heterocycles. The molecular formula is C13H17ClN2O. The average molecular weight is 253 g/mol. The molecule has 0 bridgehead atoms. The molecule has 0 unspecified atom stereocenters. The first kappa shape index (κ1) is 12.4. The molecule has 2 rings (SSSR count). The highest BCUT2D eigenvalue weighted by molar-refractivity contribution is 6.30. The Bertz CT molecular complexity index is 391. The summed E-state index contributed by atoms with van der Waals surface area (Å²) in [6, 6.07) is 7.50. The zero-order valence-corrected chi connectivity index (χ0v) is 10.7. The van der Waals surface area contributed by atoms with Crippen molar-refractivity contribution in [1.29, 1.82) is 0 Å². The third kappa shape index (κ3) is 2.99. The second kappa shape index (κ2) is 5.52. The molecule has 1 aromatic rings. The Morgan fingerprint density at radius 2 is 2.12 bits per heavy atom. The normalized spacial score (nSPS) is 20.4. The topological polar surface area (TPSA) is 32.3 Å². The first-order valence-corrected chi connectivity index (χ1v) is 6.30. The van der Waals surface area contributed by atoms with Crippen LogP contribution in [0.15, 0.2) is 24.3 Å². The van der Waals surface area contributed by atoms with E-state index in [-0.39, 0.29) is 5.91 Å². The van der Waals surface area contributed by atoms with E-state index in [9.17, 15) is 4.79 Å². The molecule has 1 saturated heterocycles. The molecule has 4 heteroatoms. The number of likely N-dealkylation sites (N-methyl/N-ethyl adjacent to an activating group) is 1. The summed E-state index contributed by atoms with van der Waals surface area (Å²) in [7, 11) is 1.95. The van der Waals surface area contributed by atoms with E-state index in [1.54, 1.807) is 24.3 Å². The van der Waals surface area contributed by atoms with Crippen molar-refractivity contribution in [1.82, 2.24) is 10.2 Å². The lowest BCUT2D eigenvalue weighted by atomic mass is 10.0. The van der Waals surface area contributed by atoms with Gasteiger partial charge in [0, 0.05) is 29.7 Å². The molecule has 1 aliphatic heterocycles. The van der Waals surface area contributed by atoms with Crippen molar-refractivity contribution in [2.45, 2.75) is 18.9 Å². The van der Waals surface area contributed by atoms with Crippen molar-refractivity contribution in [2.24, 2.45) is 0 Å². The van der Waals surface area contributed by atoms with Crippen LogP contribution in [0, 0.1) is 0 Å². The van der Waals surface area contributed by atoms with Crippen molar-refractivity contribution < 1.29 is 4.79 Å². The van der Waals surface area contributed by atoms with Crippen LogP contribution in [0.5, 0.6) is 0 Å². The Labute approximate surface area is 107 Å². The van der Waals surface area contributed by atoms with Crippen LogP contribution in [-0.2, 0) is 0 Å². The van der Waals surface area contributed by atoms with Gasteiger partial charge in [-0.15, -0.1) is 0 Å². The molecule has 17 heavy (non-hydrogen) atoms. The number of hydrogen-bond donors (Lipinski definition) is 1. The number of amides is 1. The second-order valence-corrected chi connectivity index (χ2v) is 4.82. The highest BCUT2D eigenvalue weighted by Gasteiger charge is 2.23. The van der Waals surface area contributed by atoms with Gasteiger partial charge < -0.3 is 10.2 Å². The van der Waals surface area contributed by atoms with Gasteiger partial charge in [-0.3, -0.25) is 4.79 Å². The lowest BCUT2D eigenvalue weighted by Crippen LogP contribution is -2.46. The van der Waals surface area contributed by atoms with Crippen LogP contribution in [0.1, 0.15) is 23.2 Å². The van der Waals surface area contributed by atoms with Crippen LogP contribution < -0.4 is 5.32 Å². The molecule has 0 saturated carbocycles. The molecule has 1 aromatic carbocycles. The summed E-state index contributed by atoms with van der Waals surface area (Å²) < 4.78 is 0. The SMILES string of the molecule is CN[C@@H]1CCCN(C(=O)c2ccc(Cl)cc2)C1. The van der Waals surface area contributed by atoms with Crippen LogP contribution >= 0.6 is 11.6 Å². The van der Waals surface area contributed by atoms with E-state index < -0.39 is 0 Å². The lowest BCUT2D eigenvalue weighted by Gasteiger charge is -2.32. The molecule has 1 atom stereocenters. The van der Waals surface area contributed by atoms with Gasteiger partial charge >= 0.3 is 0 Å². The van der Waals surface area contributed by atoms with Gasteiger partial charge in [-0.25, -0.2) is 0 Å². The van der Waals surface area contributed by atoms with Crippen molar-refractivity contribution in [3.8, 4) is 0 Å². The number of benzene rings is 1. The Balaban J connectivity index is 2.06. The molecule has 1 amide bonds. The number of nitrogens with zero attached hydrogens (tertiary/aromatic N) is 1. The summed E-state index contributed by atoms with van der Waals surface area (Å²) >= 11 is 5.81. The van der Waals surface area contributed by atoms with Crippen molar-refractivity contribution in [3.63, 3.8) is 0 Å². The summed E-state index contributed by atoms with van der Waals surface area (Å²) in [6.45, 7) is 1.64. The molecule has 1 fully saturated rings. The van der Waals surface area contributed by atoms with Crippen molar-refractivity contribution >= 4 is 17.5 Å². The summed E-state index contributed by atoms with van der Waals surface area (Å²) in [5.74, 6) is 0.0987. The van der Waals surface area contributed by atoms with Crippen molar-refractivity contribution in [3.05, 3.63) is 34.9 Å². The Hall–Kier alpha value is -1.06. The Kier molecular flexibility index (Phi) is 4.02. The fraction of sp³-hybridized carbons (Fsp3) is 0.462. The summed E-state index contributed by atoms with van der Waals surface area (Å²) in [5, 5.41) is 3.89. The largest absolute Gasteiger partial charge is 0.337 e. The number of halogens is 1. The van der Waals surface area contributed by atoms with Crippen LogP contribution in [0.25, 0.3) is 0 Å². The maximum Gasteiger partial charge on any atom is 0.253 e. The van der Waals surface area contributed by atoms with Gasteiger partial charge in [0.15, 0.2) is 0 Å². The third-order valence-electron chi connectivity index (χ3n) is 3.21. The number of hydrogen-bond acceptors (Lipinski definition) is 2. The smallest absolute Gasteiger partial charge is 0.253 e. The van der Waals surface area contributed by atoms with Crippen LogP contribution in [0.4, 0.5) is 0 Å². The van der Waals surface area contributed by atoms with Gasteiger partial charge in [0.05, 0.1) is 0 Å². The van der Waals surface area contributed by atoms with E-state index in [1.807, 2.05) is 11.9 Å². The van der Waals surface area contributed by atoms with E-state index in [0.29, 0.717) is 16.6 Å². The van der Waals surface area contributed by atoms with E-state index in [0.717, 1.165) is 25.9 Å². The summed E-state index contributed by atoms with van der Waals surface area (Å²) in [4.78, 5) is 14.1. The molecule has 92 valence electrons. The number of carbonyl (C=O) groups is 1. The molecule has 0 aliphatic carbocycles. The van der Waals surface area contributed by atoms with Crippen LogP contribution in [-0.4, -0.2) is 37.0 Å². The molecular weight excluding hydrogens is 236 g/mol. The molecule has 1 aliphatic rings. The van der Waals surface area contributed by atoms with E-state index in [4.69, 9.17) is 11.6 Å². The fourth-order valence-corrected chi connectivity index (χ4v) is 2.30. The molecule has 0 radical (unpaired) electrons. The summed E-state index contributed by atoms with van der Waals surface area (Å²) in [6.07, 6.45) is 2.20. The summed E-state index contributed by atoms with van der Waals surface area (Å²) in [5.41, 5.74) is 0.714. The first-order valence-electron chi connectivity index (χ1n) is 5.93. The Morgan fingerprint density at radius 3 is 2.76 bits per heavy atom. The Morgan fingerprint density at radius 1 is 1.41 bits per heavy atom. The standard InChI is InChI=1S/C13H17ClN2O/c1-15-12-3-2-8-16(9-12)13(17)10-4-6-11(14)7-5-10/h4-7,12,15H,2-3,8-9H2,1H3/t12-/m1/s1. The fourth-order valence-electron chi connectivity index (χ4n) is 2.17. The number of piperidine rings is 1. The second-order valence-electron chi connectivity index (χ2n) is 4.39. The maximum absolute atomic E-state index is 12.2. The van der Waals surface area contributed by atoms with Gasteiger partial charge in [0.25, 0.3) is 5.91 Å². The predicted molar refractivity (Wildman–Crippen MR) is 69.4 cm³/mol. The van der Waals surface area contributed by atoms with Gasteiger partial charge in [-0.2, -0.15) is 0 Å². The minimum Gasteiger partial charge on any atom is -0.337 e. The van der Waals surface area contributed by atoms with Gasteiger partial charge in [0.2, 0.25) is 0 Å². The average Bonchev–Trinajstić information content (AvgIpc) is 2.39. The number of carbonyl (C=O) groups excluding carboxylic acids is 1. The van der Waals surface area contributed by atoms with E-state index >= 15 is 0 Å². The molecule has 0 aromatic heterocycles.